The zero-order chi connectivity index (χ0) is 12.8. The van der Waals surface area contributed by atoms with Gasteiger partial charge in [-0.05, 0) is 17.7 Å². The maximum absolute atomic E-state index is 10.7. The van der Waals surface area contributed by atoms with Crippen LogP contribution in [0.5, 0.6) is 5.75 Å². The lowest BCUT2D eigenvalue weighted by molar-refractivity contribution is -0.137. The first-order valence-electron chi connectivity index (χ1n) is 4.83. The summed E-state index contributed by atoms with van der Waals surface area (Å²) in [6.45, 7) is 0. The first kappa shape index (κ1) is 13.3. The van der Waals surface area contributed by atoms with Gasteiger partial charge in [-0.1, -0.05) is 17.7 Å². The van der Waals surface area contributed by atoms with Crippen LogP contribution in [0.2, 0.25) is 5.02 Å². The summed E-state index contributed by atoms with van der Waals surface area (Å²) in [4.78, 5) is 21.1. The van der Waals surface area contributed by atoms with Gasteiger partial charge in [0.2, 0.25) is 6.41 Å². The lowest BCUT2D eigenvalue weighted by Crippen LogP contribution is -2.22. The number of halogens is 1. The minimum Gasteiger partial charge on any atom is -0.495 e. The van der Waals surface area contributed by atoms with E-state index in [0.29, 0.717) is 22.7 Å². The largest absolute Gasteiger partial charge is 0.495 e. The van der Waals surface area contributed by atoms with Gasteiger partial charge in [0.25, 0.3) is 0 Å². The van der Waals surface area contributed by atoms with Crippen molar-refractivity contribution in [3.8, 4) is 5.75 Å². The molecule has 0 aliphatic heterocycles. The Bertz CT molecular complexity index is 422. The molecule has 1 rings (SSSR count). The quantitative estimate of drug-likeness (QED) is 0.759. The fourth-order valence-corrected chi connectivity index (χ4v) is 1.70. The molecule has 2 N–H and O–H groups in total. The number of nitrogens with one attached hydrogen (secondary N) is 1. The number of methoxy groups -OCH3 is 1. The highest BCUT2D eigenvalue weighted by Gasteiger charge is 2.16. The minimum absolute atomic E-state index is 0.207. The van der Waals surface area contributed by atoms with E-state index >= 15 is 0 Å². The van der Waals surface area contributed by atoms with Gasteiger partial charge in [0, 0.05) is 0 Å². The first-order chi connectivity index (χ1) is 8.08. The van der Waals surface area contributed by atoms with Crippen LogP contribution in [0.4, 0.5) is 0 Å². The van der Waals surface area contributed by atoms with E-state index < -0.39 is 12.0 Å². The molecule has 0 radical (unpaired) electrons. The molecule has 0 fully saturated rings. The number of hydrogen-bond donors (Lipinski definition) is 2. The van der Waals surface area contributed by atoms with Crippen molar-refractivity contribution in [2.45, 2.75) is 12.5 Å². The number of aliphatic carboxylic acids is 1. The second-order valence-corrected chi connectivity index (χ2v) is 3.74. The molecule has 0 aliphatic carbocycles. The number of hydrogen-bond acceptors (Lipinski definition) is 3. The smallest absolute Gasteiger partial charge is 0.305 e. The lowest BCUT2D eigenvalue weighted by atomic mass is 10.0. The Morgan fingerprint density at radius 2 is 2.35 bits per heavy atom. The molecular weight excluding hydrogens is 246 g/mol. The maximum Gasteiger partial charge on any atom is 0.305 e. The van der Waals surface area contributed by atoms with Crippen molar-refractivity contribution >= 4 is 24.0 Å². The summed E-state index contributed by atoms with van der Waals surface area (Å²) in [5.74, 6) is -0.508. The Morgan fingerprint density at radius 1 is 1.65 bits per heavy atom. The third-order valence-electron chi connectivity index (χ3n) is 2.23. The van der Waals surface area contributed by atoms with Gasteiger partial charge in [-0.3, -0.25) is 9.59 Å². The number of carboxylic acid groups (broad SMARTS) is 1. The van der Waals surface area contributed by atoms with E-state index in [4.69, 9.17) is 21.4 Å². The highest BCUT2D eigenvalue weighted by atomic mass is 35.5. The summed E-state index contributed by atoms with van der Waals surface area (Å²) in [5.41, 5.74) is 0.616. The fraction of sp³-hybridized carbons (Fsp3) is 0.273. The van der Waals surface area contributed by atoms with E-state index in [2.05, 4.69) is 5.32 Å². The van der Waals surface area contributed by atoms with E-state index in [1.165, 1.54) is 7.11 Å². The van der Waals surface area contributed by atoms with E-state index in [0.717, 1.165) is 0 Å². The summed E-state index contributed by atoms with van der Waals surface area (Å²) in [5, 5.41) is 11.5. The maximum atomic E-state index is 10.7. The Balaban J connectivity index is 2.97. The molecule has 92 valence electrons. The molecule has 0 aliphatic rings. The summed E-state index contributed by atoms with van der Waals surface area (Å²) in [6.07, 6.45) is 0.257. The molecule has 5 nitrogen and oxygen atoms in total. The second kappa shape index (κ2) is 6.10. The molecule has 6 heteroatoms. The number of carboxylic acids is 1. The molecule has 0 saturated carbocycles. The third-order valence-corrected chi connectivity index (χ3v) is 2.52. The molecule has 0 aromatic heterocycles. The van der Waals surface area contributed by atoms with Crippen molar-refractivity contribution in [3.05, 3.63) is 28.8 Å². The monoisotopic (exact) mass is 257 g/mol. The van der Waals surface area contributed by atoms with Gasteiger partial charge in [0.15, 0.2) is 0 Å². The van der Waals surface area contributed by atoms with E-state index in [9.17, 15) is 9.59 Å². The topological polar surface area (TPSA) is 75.6 Å². The summed E-state index contributed by atoms with van der Waals surface area (Å²) in [6, 6.07) is 4.26. The van der Waals surface area contributed by atoms with E-state index in [-0.39, 0.29) is 6.42 Å². The highest BCUT2D eigenvalue weighted by Crippen LogP contribution is 2.28. The van der Waals surface area contributed by atoms with E-state index in [1.807, 2.05) is 0 Å². The molecule has 1 aromatic rings. The lowest BCUT2D eigenvalue weighted by Gasteiger charge is -2.15. The van der Waals surface area contributed by atoms with Gasteiger partial charge in [-0.2, -0.15) is 0 Å². The van der Waals surface area contributed by atoms with Gasteiger partial charge in [0.1, 0.15) is 5.75 Å². The first-order valence-corrected chi connectivity index (χ1v) is 5.21. The van der Waals surface area contributed by atoms with Gasteiger partial charge in [-0.25, -0.2) is 0 Å². The van der Waals surface area contributed by atoms with Crippen LogP contribution < -0.4 is 10.1 Å². The zero-order valence-corrected chi connectivity index (χ0v) is 9.90. The highest BCUT2D eigenvalue weighted by molar-refractivity contribution is 6.32. The zero-order valence-electron chi connectivity index (χ0n) is 9.14. The van der Waals surface area contributed by atoms with Crippen LogP contribution in [-0.2, 0) is 9.59 Å². The normalized spacial score (nSPS) is 11.6. The molecular formula is C11H12ClNO4. The van der Waals surface area contributed by atoms with Crippen LogP contribution in [0.25, 0.3) is 0 Å². The number of rotatable bonds is 6. The van der Waals surface area contributed by atoms with Gasteiger partial charge in [0.05, 0.1) is 24.6 Å². The number of carbonyl (C=O) groups is 2. The fourth-order valence-electron chi connectivity index (χ4n) is 1.43. The molecule has 1 amide bonds. The summed E-state index contributed by atoms with van der Waals surface area (Å²) in [7, 11) is 1.49. The van der Waals surface area contributed by atoms with Crippen LogP contribution >= 0.6 is 11.6 Å². The Kier molecular flexibility index (Phi) is 4.78. The molecule has 0 saturated heterocycles. The van der Waals surface area contributed by atoms with E-state index in [1.54, 1.807) is 18.2 Å². The van der Waals surface area contributed by atoms with Crippen LogP contribution in [0.1, 0.15) is 18.0 Å². The van der Waals surface area contributed by atoms with Gasteiger partial charge >= 0.3 is 5.97 Å². The molecule has 0 spiro atoms. The molecule has 0 heterocycles. The van der Waals surface area contributed by atoms with Crippen molar-refractivity contribution < 1.29 is 19.4 Å². The summed E-state index contributed by atoms with van der Waals surface area (Å²) < 4.78 is 4.98. The molecule has 0 bridgehead atoms. The van der Waals surface area contributed by atoms with Crippen LogP contribution in [0.3, 0.4) is 0 Å². The van der Waals surface area contributed by atoms with Crippen LogP contribution in [-0.4, -0.2) is 24.6 Å². The van der Waals surface area contributed by atoms with Crippen LogP contribution in [0, 0.1) is 0 Å². The number of benzene rings is 1. The third kappa shape index (κ3) is 3.64. The predicted molar refractivity (Wildman–Crippen MR) is 62.2 cm³/mol. The minimum atomic E-state index is -1.00. The van der Waals surface area contributed by atoms with Crippen molar-refractivity contribution in [1.29, 1.82) is 0 Å². The average Bonchev–Trinajstić information content (AvgIpc) is 2.28. The van der Waals surface area contributed by atoms with Crippen molar-refractivity contribution in [2.75, 3.05) is 7.11 Å². The SMILES string of the molecule is COc1ccc([C@H](CC(=O)O)NC=O)cc1Cl. The standard InChI is InChI=1S/C11H12ClNO4/c1-17-10-3-2-7(4-8(10)12)9(13-6-14)5-11(15)16/h2-4,6,9H,5H2,1H3,(H,13,14)(H,15,16)/t9-/m0/s1. The Labute approximate surface area is 103 Å². The number of carbonyl (C=O) groups excluding carboxylic acids is 1. The molecule has 1 aromatic carbocycles. The summed E-state index contributed by atoms with van der Waals surface area (Å²) >= 11 is 5.92. The molecule has 1 atom stereocenters. The second-order valence-electron chi connectivity index (χ2n) is 3.33. The average molecular weight is 258 g/mol. The Morgan fingerprint density at radius 3 is 2.82 bits per heavy atom. The molecule has 17 heavy (non-hydrogen) atoms. The van der Waals surface area contributed by atoms with Gasteiger partial charge in [-0.15, -0.1) is 0 Å². The van der Waals surface area contributed by atoms with Crippen LogP contribution in [0.15, 0.2) is 18.2 Å². The van der Waals surface area contributed by atoms with Crippen molar-refractivity contribution in [1.82, 2.24) is 5.32 Å². The van der Waals surface area contributed by atoms with Gasteiger partial charge < -0.3 is 15.2 Å². The molecule has 0 unspecified atom stereocenters. The Hall–Kier alpha value is -1.75. The van der Waals surface area contributed by atoms with Crippen molar-refractivity contribution in [3.63, 3.8) is 0 Å². The number of ether oxygens (including phenoxy) is 1. The van der Waals surface area contributed by atoms with Crippen molar-refractivity contribution in [2.24, 2.45) is 0 Å². The predicted octanol–water partition coefficient (Wildman–Crippen LogP) is 1.61. The number of amides is 1.